The molecule has 8 heteroatoms. The molecule has 2 aliphatic rings. The summed E-state index contributed by atoms with van der Waals surface area (Å²) in [6.45, 7) is 1.82. The number of carbonyl (C=O) groups is 1. The lowest BCUT2D eigenvalue weighted by molar-refractivity contribution is -0.137. The van der Waals surface area contributed by atoms with Crippen LogP contribution in [0.2, 0.25) is 0 Å². The topological polar surface area (TPSA) is 45.2 Å². The van der Waals surface area contributed by atoms with Gasteiger partial charge in [-0.2, -0.15) is 13.2 Å². The molecule has 122 valence electrons. The zero-order valence-corrected chi connectivity index (χ0v) is 12.6. The Morgan fingerprint density at radius 1 is 1.23 bits per heavy atom. The number of nitrogens with one attached hydrogen (secondary N) is 1. The Labute approximate surface area is 132 Å². The average molecular weight is 336 g/mol. The van der Waals surface area contributed by atoms with Gasteiger partial charge in [-0.15, -0.1) is 12.4 Å². The van der Waals surface area contributed by atoms with Crippen LogP contribution < -0.4 is 10.2 Å². The van der Waals surface area contributed by atoms with Gasteiger partial charge in [0.25, 0.3) is 0 Å². The van der Waals surface area contributed by atoms with E-state index >= 15 is 0 Å². The third-order valence-corrected chi connectivity index (χ3v) is 4.47. The second-order valence-corrected chi connectivity index (χ2v) is 5.63. The summed E-state index contributed by atoms with van der Waals surface area (Å²) in [4.78, 5) is 17.5. The second-order valence-electron chi connectivity index (χ2n) is 5.63. The molecule has 0 radical (unpaired) electrons. The van der Waals surface area contributed by atoms with Crippen molar-refractivity contribution < 1.29 is 18.0 Å². The van der Waals surface area contributed by atoms with Crippen LogP contribution in [-0.4, -0.2) is 30.5 Å². The van der Waals surface area contributed by atoms with Crippen LogP contribution in [0.3, 0.4) is 0 Å². The van der Waals surface area contributed by atoms with Gasteiger partial charge in [0, 0.05) is 18.9 Å². The summed E-state index contributed by atoms with van der Waals surface area (Å²) in [5.74, 6) is -0.180. The fourth-order valence-electron chi connectivity index (χ4n) is 3.26. The lowest BCUT2D eigenvalue weighted by Gasteiger charge is -2.32. The number of hydrogen-bond donors (Lipinski definition) is 1. The summed E-state index contributed by atoms with van der Waals surface area (Å²) in [5.41, 5.74) is -1.40. The zero-order valence-electron chi connectivity index (χ0n) is 11.8. The SMILES string of the molecule is Cl.O=C1N(c2ccncc2C(F)(F)F)CCC12CCNCC2. The van der Waals surface area contributed by atoms with Gasteiger partial charge in [-0.25, -0.2) is 0 Å². The van der Waals surface area contributed by atoms with Gasteiger partial charge in [-0.1, -0.05) is 0 Å². The molecule has 4 nitrogen and oxygen atoms in total. The van der Waals surface area contributed by atoms with Crippen molar-refractivity contribution in [2.24, 2.45) is 5.41 Å². The van der Waals surface area contributed by atoms with Gasteiger partial charge in [-0.3, -0.25) is 9.78 Å². The van der Waals surface area contributed by atoms with Crippen LogP contribution in [0.25, 0.3) is 0 Å². The average Bonchev–Trinajstić information content (AvgIpc) is 2.76. The number of aromatic nitrogens is 1. The van der Waals surface area contributed by atoms with E-state index in [2.05, 4.69) is 10.3 Å². The van der Waals surface area contributed by atoms with Crippen molar-refractivity contribution in [1.29, 1.82) is 0 Å². The molecule has 1 N–H and O–H groups in total. The Kier molecular flexibility index (Phi) is 4.67. The second kappa shape index (κ2) is 6.04. The first-order valence-electron chi connectivity index (χ1n) is 6.98. The third-order valence-electron chi connectivity index (χ3n) is 4.47. The zero-order chi connectivity index (χ0) is 15.1. The maximum Gasteiger partial charge on any atom is 0.419 e. The number of halogens is 4. The number of alkyl halides is 3. The van der Waals surface area contributed by atoms with Crippen LogP contribution in [-0.2, 0) is 11.0 Å². The Morgan fingerprint density at radius 2 is 1.91 bits per heavy atom. The van der Waals surface area contributed by atoms with Gasteiger partial charge < -0.3 is 10.2 Å². The number of rotatable bonds is 1. The van der Waals surface area contributed by atoms with Crippen LogP contribution in [0.1, 0.15) is 24.8 Å². The molecule has 0 bridgehead atoms. The smallest absolute Gasteiger partial charge is 0.317 e. The maximum atomic E-state index is 13.1. The fourth-order valence-corrected chi connectivity index (χ4v) is 3.26. The Balaban J connectivity index is 0.00000176. The molecule has 2 saturated heterocycles. The molecule has 1 amide bonds. The molecular formula is C14H17ClF3N3O. The number of anilines is 1. The molecular weight excluding hydrogens is 319 g/mol. The van der Waals surface area contributed by atoms with Gasteiger partial charge in [0.15, 0.2) is 0 Å². The first-order valence-corrected chi connectivity index (χ1v) is 6.98. The highest BCUT2D eigenvalue weighted by atomic mass is 35.5. The lowest BCUT2D eigenvalue weighted by Crippen LogP contribution is -2.43. The van der Waals surface area contributed by atoms with E-state index in [0.717, 1.165) is 19.3 Å². The van der Waals surface area contributed by atoms with Crippen molar-refractivity contribution in [3.63, 3.8) is 0 Å². The summed E-state index contributed by atoms with van der Waals surface area (Å²) in [6.07, 6.45) is -0.425. The summed E-state index contributed by atoms with van der Waals surface area (Å²) in [6, 6.07) is 1.28. The highest BCUT2D eigenvalue weighted by Gasteiger charge is 2.49. The first kappa shape index (κ1) is 17.0. The monoisotopic (exact) mass is 335 g/mol. The van der Waals surface area contributed by atoms with E-state index in [4.69, 9.17) is 0 Å². The minimum atomic E-state index is -4.51. The van der Waals surface area contributed by atoms with E-state index in [1.807, 2.05) is 0 Å². The van der Waals surface area contributed by atoms with Gasteiger partial charge >= 0.3 is 6.18 Å². The Bertz CT molecular complexity index is 559. The number of amides is 1. The third kappa shape index (κ3) is 2.79. The van der Waals surface area contributed by atoms with Crippen LogP contribution in [0.15, 0.2) is 18.5 Å². The Hall–Kier alpha value is -1.34. The van der Waals surface area contributed by atoms with Gasteiger partial charge in [0.1, 0.15) is 0 Å². The van der Waals surface area contributed by atoms with Crippen LogP contribution in [0, 0.1) is 5.41 Å². The number of pyridine rings is 1. The lowest BCUT2D eigenvalue weighted by atomic mass is 9.77. The highest BCUT2D eigenvalue weighted by Crippen LogP contribution is 2.44. The molecule has 0 atom stereocenters. The maximum absolute atomic E-state index is 13.1. The predicted molar refractivity (Wildman–Crippen MR) is 78.0 cm³/mol. The minimum absolute atomic E-state index is 0. The van der Waals surface area contributed by atoms with Crippen molar-refractivity contribution in [3.05, 3.63) is 24.0 Å². The molecule has 1 aromatic heterocycles. The van der Waals surface area contributed by atoms with Crippen molar-refractivity contribution in [2.45, 2.75) is 25.4 Å². The number of piperidine rings is 1. The number of carbonyl (C=O) groups excluding carboxylic acids is 1. The summed E-state index contributed by atoms with van der Waals surface area (Å²) in [7, 11) is 0. The minimum Gasteiger partial charge on any atom is -0.317 e. The molecule has 0 aliphatic carbocycles. The van der Waals surface area contributed by atoms with E-state index in [1.54, 1.807) is 0 Å². The Morgan fingerprint density at radius 3 is 2.55 bits per heavy atom. The van der Waals surface area contributed by atoms with E-state index < -0.39 is 17.2 Å². The molecule has 1 aromatic rings. The van der Waals surface area contributed by atoms with Crippen LogP contribution in [0.5, 0.6) is 0 Å². The number of nitrogens with zero attached hydrogens (tertiary/aromatic N) is 2. The molecule has 0 unspecified atom stereocenters. The van der Waals surface area contributed by atoms with Gasteiger partial charge in [0.05, 0.1) is 16.7 Å². The number of hydrogen-bond acceptors (Lipinski definition) is 3. The summed E-state index contributed by atoms with van der Waals surface area (Å²) < 4.78 is 39.2. The molecule has 0 saturated carbocycles. The molecule has 2 fully saturated rings. The van der Waals surface area contributed by atoms with Gasteiger partial charge in [0.2, 0.25) is 5.91 Å². The molecule has 1 spiro atoms. The molecule has 2 aliphatic heterocycles. The van der Waals surface area contributed by atoms with Crippen molar-refractivity contribution in [1.82, 2.24) is 10.3 Å². The van der Waals surface area contributed by atoms with Crippen molar-refractivity contribution in [2.75, 3.05) is 24.5 Å². The normalized spacial score (nSPS) is 21.0. The van der Waals surface area contributed by atoms with Crippen molar-refractivity contribution in [3.8, 4) is 0 Å². The molecule has 3 rings (SSSR count). The largest absolute Gasteiger partial charge is 0.419 e. The molecule has 22 heavy (non-hydrogen) atoms. The van der Waals surface area contributed by atoms with E-state index in [1.165, 1.54) is 17.2 Å². The van der Waals surface area contributed by atoms with E-state index in [-0.39, 0.29) is 24.0 Å². The highest BCUT2D eigenvalue weighted by molar-refractivity contribution is 6.00. The predicted octanol–water partition coefficient (Wildman–Crippen LogP) is 2.63. The molecule has 0 aromatic carbocycles. The van der Waals surface area contributed by atoms with E-state index in [0.29, 0.717) is 25.8 Å². The quantitative estimate of drug-likeness (QED) is 0.858. The van der Waals surface area contributed by atoms with Crippen LogP contribution >= 0.6 is 12.4 Å². The van der Waals surface area contributed by atoms with E-state index in [9.17, 15) is 18.0 Å². The summed E-state index contributed by atoms with van der Waals surface area (Å²) >= 11 is 0. The van der Waals surface area contributed by atoms with Crippen LogP contribution in [0.4, 0.5) is 18.9 Å². The first-order chi connectivity index (χ1) is 9.94. The standard InChI is InChI=1S/C14H16F3N3O.ClH/c15-14(16,17)10-9-19-5-1-11(10)20-8-4-13(12(20)21)2-6-18-7-3-13;/h1,5,9,18H,2-4,6-8H2;1H. The molecule has 3 heterocycles. The van der Waals surface area contributed by atoms with Crippen molar-refractivity contribution >= 4 is 24.0 Å². The summed E-state index contributed by atoms with van der Waals surface area (Å²) in [5, 5.41) is 3.19. The fraction of sp³-hybridized carbons (Fsp3) is 0.571. The van der Waals surface area contributed by atoms with Gasteiger partial charge in [-0.05, 0) is 38.4 Å².